The molecule has 0 unspecified atom stereocenters. The Labute approximate surface area is 157 Å². The van der Waals surface area contributed by atoms with Crippen LogP contribution < -0.4 is 14.8 Å². The minimum Gasteiger partial charge on any atom is -0.497 e. The summed E-state index contributed by atoms with van der Waals surface area (Å²) in [5, 5.41) is 11.1. The van der Waals surface area contributed by atoms with Crippen molar-refractivity contribution in [2.75, 3.05) is 19.5 Å². The van der Waals surface area contributed by atoms with E-state index in [0.29, 0.717) is 22.9 Å². The Bertz CT molecular complexity index is 995. The molecule has 7 heteroatoms. The standard InChI is InChI=1S/C20H22N4O3/c1-12-6-8-17(13(2)10-12)24-14(3)19(22-23-24)20(25)21-16-11-15(26-4)7-9-18(16)27-5/h6-11H,1-5H3,(H,21,25). The molecule has 0 aliphatic heterocycles. The van der Waals surface area contributed by atoms with Crippen LogP contribution in [0.3, 0.4) is 0 Å². The number of carbonyl (C=O) groups is 1. The molecule has 1 amide bonds. The number of benzene rings is 2. The summed E-state index contributed by atoms with van der Waals surface area (Å²) >= 11 is 0. The molecular formula is C20H22N4O3. The number of aryl methyl sites for hydroxylation is 2. The predicted molar refractivity (Wildman–Crippen MR) is 103 cm³/mol. The van der Waals surface area contributed by atoms with Crippen LogP contribution in [0, 0.1) is 20.8 Å². The van der Waals surface area contributed by atoms with Crippen molar-refractivity contribution in [3.8, 4) is 17.2 Å². The molecule has 1 aromatic heterocycles. The highest BCUT2D eigenvalue weighted by Crippen LogP contribution is 2.29. The Balaban J connectivity index is 1.92. The molecule has 0 radical (unpaired) electrons. The van der Waals surface area contributed by atoms with Crippen molar-refractivity contribution in [3.63, 3.8) is 0 Å². The summed E-state index contributed by atoms with van der Waals surface area (Å²) in [5.74, 6) is 0.778. The van der Waals surface area contributed by atoms with Gasteiger partial charge in [-0.25, -0.2) is 4.68 Å². The first-order valence-electron chi connectivity index (χ1n) is 8.48. The van der Waals surface area contributed by atoms with E-state index in [-0.39, 0.29) is 11.6 Å². The maximum atomic E-state index is 12.8. The van der Waals surface area contributed by atoms with Gasteiger partial charge in [-0.3, -0.25) is 4.79 Å². The molecule has 27 heavy (non-hydrogen) atoms. The van der Waals surface area contributed by atoms with Crippen LogP contribution in [-0.4, -0.2) is 35.1 Å². The number of ether oxygens (including phenoxy) is 2. The van der Waals surface area contributed by atoms with E-state index < -0.39 is 0 Å². The zero-order valence-electron chi connectivity index (χ0n) is 16.0. The van der Waals surface area contributed by atoms with Gasteiger partial charge in [0.2, 0.25) is 0 Å². The second-order valence-corrected chi connectivity index (χ2v) is 6.25. The second kappa shape index (κ2) is 7.49. The lowest BCUT2D eigenvalue weighted by molar-refractivity contribution is 0.102. The third-order valence-electron chi connectivity index (χ3n) is 4.34. The van der Waals surface area contributed by atoms with Gasteiger partial charge in [0.15, 0.2) is 5.69 Å². The number of amides is 1. The van der Waals surface area contributed by atoms with Gasteiger partial charge in [-0.1, -0.05) is 22.9 Å². The fourth-order valence-electron chi connectivity index (χ4n) is 2.90. The number of methoxy groups -OCH3 is 2. The first kappa shape index (κ1) is 18.4. The molecule has 0 atom stereocenters. The lowest BCUT2D eigenvalue weighted by atomic mass is 10.1. The molecule has 0 bridgehead atoms. The van der Waals surface area contributed by atoms with Crippen LogP contribution in [0.4, 0.5) is 5.69 Å². The van der Waals surface area contributed by atoms with Crippen molar-refractivity contribution in [1.82, 2.24) is 15.0 Å². The van der Waals surface area contributed by atoms with Gasteiger partial charge < -0.3 is 14.8 Å². The number of aromatic nitrogens is 3. The van der Waals surface area contributed by atoms with E-state index in [1.54, 1.807) is 37.1 Å². The Kier molecular flexibility index (Phi) is 5.12. The van der Waals surface area contributed by atoms with Crippen molar-refractivity contribution in [2.45, 2.75) is 20.8 Å². The van der Waals surface area contributed by atoms with Crippen LogP contribution in [0.1, 0.15) is 27.3 Å². The number of nitrogens with zero attached hydrogens (tertiary/aromatic N) is 3. The van der Waals surface area contributed by atoms with Gasteiger partial charge in [0, 0.05) is 6.07 Å². The average Bonchev–Trinajstić information content (AvgIpc) is 3.03. The van der Waals surface area contributed by atoms with Gasteiger partial charge >= 0.3 is 0 Å². The topological polar surface area (TPSA) is 78.3 Å². The van der Waals surface area contributed by atoms with E-state index in [1.165, 1.54) is 0 Å². The van der Waals surface area contributed by atoms with Crippen LogP contribution in [0.2, 0.25) is 0 Å². The maximum absolute atomic E-state index is 12.8. The summed E-state index contributed by atoms with van der Waals surface area (Å²) in [7, 11) is 3.10. The molecule has 2 aromatic carbocycles. The number of hydrogen-bond acceptors (Lipinski definition) is 5. The van der Waals surface area contributed by atoms with Crippen molar-refractivity contribution >= 4 is 11.6 Å². The fraction of sp³-hybridized carbons (Fsp3) is 0.250. The summed E-state index contributed by atoms with van der Waals surface area (Å²) in [6.07, 6.45) is 0. The summed E-state index contributed by atoms with van der Waals surface area (Å²) in [6.45, 7) is 5.85. The molecule has 1 heterocycles. The largest absolute Gasteiger partial charge is 0.497 e. The lowest BCUT2D eigenvalue weighted by Gasteiger charge is -2.11. The van der Waals surface area contributed by atoms with Gasteiger partial charge in [0.1, 0.15) is 11.5 Å². The van der Waals surface area contributed by atoms with Crippen molar-refractivity contribution in [3.05, 3.63) is 58.9 Å². The highest BCUT2D eigenvalue weighted by Gasteiger charge is 2.19. The van der Waals surface area contributed by atoms with E-state index in [2.05, 4.69) is 21.7 Å². The minimum absolute atomic E-state index is 0.250. The molecule has 3 aromatic rings. The molecule has 0 spiro atoms. The molecule has 0 fully saturated rings. The van der Waals surface area contributed by atoms with Crippen LogP contribution in [-0.2, 0) is 0 Å². The Morgan fingerprint density at radius 2 is 1.81 bits per heavy atom. The van der Waals surface area contributed by atoms with Crippen LogP contribution in [0.25, 0.3) is 5.69 Å². The van der Waals surface area contributed by atoms with Gasteiger partial charge in [-0.15, -0.1) is 5.10 Å². The van der Waals surface area contributed by atoms with Gasteiger partial charge in [-0.2, -0.15) is 0 Å². The number of nitrogens with one attached hydrogen (secondary N) is 1. The third-order valence-corrected chi connectivity index (χ3v) is 4.34. The second-order valence-electron chi connectivity index (χ2n) is 6.25. The Morgan fingerprint density at radius 1 is 1.04 bits per heavy atom. The molecule has 0 aliphatic rings. The summed E-state index contributed by atoms with van der Waals surface area (Å²) in [5.41, 5.74) is 4.52. The SMILES string of the molecule is COc1ccc(OC)c(NC(=O)c2nnn(-c3ccc(C)cc3C)c2C)c1. The van der Waals surface area contributed by atoms with E-state index in [9.17, 15) is 4.79 Å². The van der Waals surface area contributed by atoms with Crippen LogP contribution in [0.5, 0.6) is 11.5 Å². The number of rotatable bonds is 5. The molecule has 7 nitrogen and oxygen atoms in total. The van der Waals surface area contributed by atoms with Crippen molar-refractivity contribution in [2.24, 2.45) is 0 Å². The zero-order chi connectivity index (χ0) is 19.6. The molecule has 3 rings (SSSR count). The van der Waals surface area contributed by atoms with Crippen LogP contribution in [0.15, 0.2) is 36.4 Å². The fourth-order valence-corrected chi connectivity index (χ4v) is 2.90. The maximum Gasteiger partial charge on any atom is 0.278 e. The summed E-state index contributed by atoms with van der Waals surface area (Å²) < 4.78 is 12.2. The normalized spacial score (nSPS) is 10.6. The third kappa shape index (κ3) is 3.62. The van der Waals surface area contributed by atoms with Gasteiger partial charge in [0.05, 0.1) is 31.3 Å². The smallest absolute Gasteiger partial charge is 0.278 e. The monoisotopic (exact) mass is 366 g/mol. The summed E-state index contributed by atoms with van der Waals surface area (Å²) in [6, 6.07) is 11.2. The lowest BCUT2D eigenvalue weighted by Crippen LogP contribution is -2.15. The zero-order valence-corrected chi connectivity index (χ0v) is 16.0. The molecule has 0 aliphatic carbocycles. The van der Waals surface area contributed by atoms with Gasteiger partial charge in [-0.05, 0) is 44.5 Å². The van der Waals surface area contributed by atoms with Crippen molar-refractivity contribution < 1.29 is 14.3 Å². The molecule has 1 N–H and O–H groups in total. The molecule has 140 valence electrons. The highest BCUT2D eigenvalue weighted by molar-refractivity contribution is 6.04. The molecule has 0 saturated heterocycles. The quantitative estimate of drug-likeness (QED) is 0.748. The van der Waals surface area contributed by atoms with Gasteiger partial charge in [0.25, 0.3) is 5.91 Å². The number of carbonyl (C=O) groups excluding carboxylic acids is 1. The minimum atomic E-state index is -0.366. The molecular weight excluding hydrogens is 344 g/mol. The van der Waals surface area contributed by atoms with Crippen LogP contribution >= 0.6 is 0 Å². The first-order chi connectivity index (χ1) is 12.9. The Morgan fingerprint density at radius 3 is 2.48 bits per heavy atom. The van der Waals surface area contributed by atoms with Crippen molar-refractivity contribution in [1.29, 1.82) is 0 Å². The Hall–Kier alpha value is -3.35. The highest BCUT2D eigenvalue weighted by atomic mass is 16.5. The van der Waals surface area contributed by atoms with E-state index >= 15 is 0 Å². The number of anilines is 1. The first-order valence-corrected chi connectivity index (χ1v) is 8.48. The van der Waals surface area contributed by atoms with E-state index in [0.717, 1.165) is 16.8 Å². The average molecular weight is 366 g/mol. The number of hydrogen-bond donors (Lipinski definition) is 1. The molecule has 0 saturated carbocycles. The van der Waals surface area contributed by atoms with E-state index in [4.69, 9.17) is 9.47 Å². The predicted octanol–water partition coefficient (Wildman–Crippen LogP) is 3.46. The summed E-state index contributed by atoms with van der Waals surface area (Å²) in [4.78, 5) is 12.8. The van der Waals surface area contributed by atoms with E-state index in [1.807, 2.05) is 32.9 Å².